The van der Waals surface area contributed by atoms with Gasteiger partial charge in [-0.15, -0.1) is 0 Å². The average Bonchev–Trinajstić information content (AvgIpc) is 3.25. The van der Waals surface area contributed by atoms with Crippen LogP contribution in [0.25, 0.3) is 0 Å². The lowest BCUT2D eigenvalue weighted by atomic mass is 9.92. The molecule has 0 spiro atoms. The van der Waals surface area contributed by atoms with Crippen LogP contribution in [0.4, 0.5) is 5.69 Å². The van der Waals surface area contributed by atoms with Gasteiger partial charge in [0.2, 0.25) is 17.7 Å². The molecule has 0 radical (unpaired) electrons. The zero-order valence-electron chi connectivity index (χ0n) is 24.2. The number of benzene rings is 1. The normalized spacial score (nSPS) is 23.9. The highest BCUT2D eigenvalue weighted by Crippen LogP contribution is 2.32. The number of nitrogens with one attached hydrogen (secondary N) is 1. The number of fused-ring (bicyclic) bond motifs is 1. The van der Waals surface area contributed by atoms with Crippen LogP contribution in [0, 0.1) is 0 Å². The summed E-state index contributed by atoms with van der Waals surface area (Å²) in [6.45, 7) is 3.56. The Morgan fingerprint density at radius 1 is 0.841 bits per heavy atom. The van der Waals surface area contributed by atoms with E-state index in [0.29, 0.717) is 37.9 Å². The highest BCUT2D eigenvalue weighted by molar-refractivity contribution is 9.10. The fourth-order valence-corrected chi connectivity index (χ4v) is 6.17. The molecule has 3 aliphatic heterocycles. The zero-order valence-corrected chi connectivity index (χ0v) is 25.8. The van der Waals surface area contributed by atoms with Crippen LogP contribution >= 0.6 is 15.9 Å². The third-order valence-electron chi connectivity index (χ3n) is 8.43. The molecule has 2 saturated heterocycles. The van der Waals surface area contributed by atoms with Crippen molar-refractivity contribution in [2.24, 2.45) is 0 Å². The van der Waals surface area contributed by atoms with Crippen molar-refractivity contribution in [1.29, 1.82) is 0 Å². The molecule has 1 saturated carbocycles. The summed E-state index contributed by atoms with van der Waals surface area (Å²) in [5.41, 5.74) is 1.43. The first-order valence-electron chi connectivity index (χ1n) is 15.1. The largest absolute Gasteiger partial charge is 0.474 e. The number of carbonyl (C=O) groups is 4. The number of ether oxygens (including phenoxy) is 4. The van der Waals surface area contributed by atoms with Gasteiger partial charge in [-0.05, 0) is 59.5 Å². The predicted molar refractivity (Wildman–Crippen MR) is 160 cm³/mol. The highest BCUT2D eigenvalue weighted by Gasteiger charge is 2.44. The Morgan fingerprint density at radius 2 is 1.57 bits per heavy atom. The van der Waals surface area contributed by atoms with E-state index in [1.54, 1.807) is 18.3 Å². The van der Waals surface area contributed by atoms with Crippen LogP contribution in [-0.4, -0.2) is 97.4 Å². The molecule has 1 atom stereocenters. The summed E-state index contributed by atoms with van der Waals surface area (Å²) in [7, 11) is 0. The summed E-state index contributed by atoms with van der Waals surface area (Å²) in [6.07, 6.45) is 5.76. The van der Waals surface area contributed by atoms with Crippen LogP contribution in [0.15, 0.2) is 41.0 Å². The molecular weight excluding hydrogens is 636 g/mol. The van der Waals surface area contributed by atoms with Crippen molar-refractivity contribution >= 4 is 45.2 Å². The minimum Gasteiger partial charge on any atom is -0.474 e. The van der Waals surface area contributed by atoms with Crippen LogP contribution in [0.2, 0.25) is 0 Å². The van der Waals surface area contributed by atoms with E-state index in [0.717, 1.165) is 53.8 Å². The highest BCUT2D eigenvalue weighted by atomic mass is 79.9. The van der Waals surface area contributed by atoms with Gasteiger partial charge in [-0.25, -0.2) is 4.98 Å². The Morgan fingerprint density at radius 3 is 2.27 bits per heavy atom. The Labute approximate surface area is 263 Å². The van der Waals surface area contributed by atoms with Crippen molar-refractivity contribution in [2.75, 3.05) is 44.4 Å². The molecule has 2 aromatic rings. The fraction of sp³-hybridized carbons (Fsp3) is 0.516. The summed E-state index contributed by atoms with van der Waals surface area (Å²) < 4.78 is 24.3. The van der Waals surface area contributed by atoms with Crippen molar-refractivity contribution in [3.05, 3.63) is 52.1 Å². The summed E-state index contributed by atoms with van der Waals surface area (Å²) in [6, 6.07) is 8.01. The second-order valence-corrected chi connectivity index (χ2v) is 12.3. The second kappa shape index (κ2) is 13.7. The van der Waals surface area contributed by atoms with E-state index < -0.39 is 29.7 Å². The van der Waals surface area contributed by atoms with Gasteiger partial charge in [0.15, 0.2) is 0 Å². The third-order valence-corrected chi connectivity index (χ3v) is 8.90. The third kappa shape index (κ3) is 6.96. The van der Waals surface area contributed by atoms with E-state index in [2.05, 4.69) is 31.1 Å². The summed E-state index contributed by atoms with van der Waals surface area (Å²) in [5, 5.41) is 2.22. The summed E-state index contributed by atoms with van der Waals surface area (Å²) in [4.78, 5) is 57.3. The lowest BCUT2D eigenvalue weighted by molar-refractivity contribution is -0.136. The summed E-state index contributed by atoms with van der Waals surface area (Å²) >= 11 is 3.37. The molecule has 6 rings (SSSR count). The lowest BCUT2D eigenvalue weighted by Crippen LogP contribution is -2.54. The molecular formula is C31H35BrN4O8. The second-order valence-electron chi connectivity index (χ2n) is 11.4. The van der Waals surface area contributed by atoms with Crippen LogP contribution in [0.1, 0.15) is 59.2 Å². The first kappa shape index (κ1) is 30.6. The molecule has 13 heteroatoms. The van der Waals surface area contributed by atoms with Gasteiger partial charge in [0.1, 0.15) is 12.1 Å². The maximum atomic E-state index is 13.1. The van der Waals surface area contributed by atoms with Gasteiger partial charge in [-0.3, -0.25) is 29.4 Å². The lowest BCUT2D eigenvalue weighted by Gasteiger charge is -2.34. The minimum absolute atomic E-state index is 0.0940. The Bertz CT molecular complexity index is 1390. The fourth-order valence-electron chi connectivity index (χ4n) is 5.94. The van der Waals surface area contributed by atoms with Gasteiger partial charge in [0, 0.05) is 54.8 Å². The van der Waals surface area contributed by atoms with Crippen molar-refractivity contribution in [3.8, 4) is 5.88 Å². The van der Waals surface area contributed by atoms with E-state index in [9.17, 15) is 19.2 Å². The van der Waals surface area contributed by atoms with E-state index >= 15 is 0 Å². The summed E-state index contributed by atoms with van der Waals surface area (Å²) in [5.74, 6) is -1.37. The van der Waals surface area contributed by atoms with Gasteiger partial charge in [0.05, 0.1) is 49.8 Å². The SMILES string of the molecule is O=C1CCC(N2C(=O)c3ccc(N4CCC(OCCOCCOC5CC(Oc6ccc(Br)cn6)C5)CC4)cc3C2=O)C(=O)N1. The van der Waals surface area contributed by atoms with Gasteiger partial charge < -0.3 is 23.8 Å². The topological polar surface area (TPSA) is 137 Å². The molecule has 234 valence electrons. The predicted octanol–water partition coefficient (Wildman–Crippen LogP) is 2.87. The van der Waals surface area contributed by atoms with Crippen molar-refractivity contribution in [3.63, 3.8) is 0 Å². The van der Waals surface area contributed by atoms with Gasteiger partial charge >= 0.3 is 0 Å². The molecule has 1 aromatic carbocycles. The number of aromatic nitrogens is 1. The quantitative estimate of drug-likeness (QED) is 0.265. The standard InChI is InChI=1S/C31H35BrN4O8/c32-19-1-6-28(33-18-19)44-23-16-22(17-23)43-14-12-41-11-13-42-21-7-9-35(10-8-21)20-2-3-24-25(15-20)31(40)36(30(24)39)26-4-5-27(37)34-29(26)38/h1-3,6,15,18,21-23,26H,4-5,7-14,16-17H2,(H,34,37,38). The number of imide groups is 2. The smallest absolute Gasteiger partial charge is 0.262 e. The molecule has 1 aliphatic carbocycles. The van der Waals surface area contributed by atoms with Gasteiger partial charge in [-0.1, -0.05) is 0 Å². The number of nitrogens with zero attached hydrogens (tertiary/aromatic N) is 3. The molecule has 1 unspecified atom stereocenters. The maximum absolute atomic E-state index is 13.1. The molecule has 4 amide bonds. The molecule has 44 heavy (non-hydrogen) atoms. The molecule has 1 N–H and O–H groups in total. The van der Waals surface area contributed by atoms with E-state index in [4.69, 9.17) is 18.9 Å². The minimum atomic E-state index is -0.968. The number of piperidine rings is 2. The first-order chi connectivity index (χ1) is 21.4. The maximum Gasteiger partial charge on any atom is 0.262 e. The Balaban J connectivity index is 0.852. The first-order valence-corrected chi connectivity index (χ1v) is 15.8. The van der Waals surface area contributed by atoms with E-state index in [-0.39, 0.29) is 36.7 Å². The van der Waals surface area contributed by atoms with Crippen LogP contribution < -0.4 is 15.0 Å². The number of carbonyl (C=O) groups excluding carboxylic acids is 4. The van der Waals surface area contributed by atoms with Crippen molar-refractivity contribution in [1.82, 2.24) is 15.2 Å². The van der Waals surface area contributed by atoms with E-state index in [1.165, 1.54) is 0 Å². The van der Waals surface area contributed by atoms with Crippen molar-refractivity contribution in [2.45, 2.75) is 62.9 Å². The molecule has 0 bridgehead atoms. The molecule has 12 nitrogen and oxygen atoms in total. The van der Waals surface area contributed by atoms with Gasteiger partial charge in [0.25, 0.3) is 11.8 Å². The molecule has 4 aliphatic rings. The molecule has 3 fully saturated rings. The number of rotatable bonds is 12. The molecule has 4 heterocycles. The van der Waals surface area contributed by atoms with E-state index in [1.807, 2.05) is 18.2 Å². The molecule has 1 aromatic heterocycles. The Hall–Kier alpha value is -3.39. The number of amides is 4. The van der Waals surface area contributed by atoms with Crippen LogP contribution in [0.5, 0.6) is 5.88 Å². The Kier molecular flexibility index (Phi) is 9.55. The number of hydrogen-bond donors (Lipinski definition) is 1. The zero-order chi connectivity index (χ0) is 30.6. The number of pyridine rings is 1. The van der Waals surface area contributed by atoms with Crippen LogP contribution in [-0.2, 0) is 23.8 Å². The van der Waals surface area contributed by atoms with Gasteiger partial charge in [-0.2, -0.15) is 0 Å². The van der Waals surface area contributed by atoms with Crippen molar-refractivity contribution < 1.29 is 38.1 Å². The average molecular weight is 672 g/mol. The van der Waals surface area contributed by atoms with Crippen LogP contribution in [0.3, 0.4) is 0 Å². The number of hydrogen-bond acceptors (Lipinski definition) is 10. The number of anilines is 1. The monoisotopic (exact) mass is 670 g/mol. The number of halogens is 1.